The molecule has 0 saturated heterocycles. The van der Waals surface area contributed by atoms with Crippen LogP contribution in [-0.2, 0) is 0 Å². The van der Waals surface area contributed by atoms with E-state index in [1.54, 1.807) is 0 Å². The third kappa shape index (κ3) is 5.21. The fraction of sp³-hybridized carbons (Fsp3) is 0. The van der Waals surface area contributed by atoms with E-state index < -0.39 is 0 Å². The third-order valence-corrected chi connectivity index (χ3v) is 12.1. The van der Waals surface area contributed by atoms with Crippen LogP contribution >= 0.6 is 11.3 Å². The molecule has 6 nitrogen and oxygen atoms in total. The molecule has 12 aromatic rings. The highest BCUT2D eigenvalue weighted by molar-refractivity contribution is 7.25. The van der Waals surface area contributed by atoms with Crippen molar-refractivity contribution in [3.05, 3.63) is 182 Å². The fourth-order valence-electron chi connectivity index (χ4n) is 8.24. The van der Waals surface area contributed by atoms with Crippen LogP contribution in [-0.4, -0.2) is 15.0 Å². The molecule has 0 aliphatic rings. The predicted octanol–water partition coefficient (Wildman–Crippen LogP) is 14.5. The molecule has 0 amide bonds. The van der Waals surface area contributed by atoms with Crippen molar-refractivity contribution in [2.75, 3.05) is 4.90 Å². The molecule has 272 valence electrons. The van der Waals surface area contributed by atoms with Gasteiger partial charge in [0.15, 0.2) is 17.5 Å². The number of fused-ring (bicyclic) bond motifs is 9. The first-order valence-corrected chi connectivity index (χ1v) is 20.0. The summed E-state index contributed by atoms with van der Waals surface area (Å²) in [6.45, 7) is 0. The normalized spacial score (nSPS) is 11.8. The molecular formula is C51H30N4O2S. The van der Waals surface area contributed by atoms with Crippen LogP contribution < -0.4 is 4.90 Å². The zero-order valence-corrected chi connectivity index (χ0v) is 31.7. The van der Waals surface area contributed by atoms with E-state index in [2.05, 4.69) is 102 Å². The molecule has 0 atom stereocenters. The topological polar surface area (TPSA) is 68.2 Å². The Hall–Kier alpha value is -7.61. The van der Waals surface area contributed by atoms with Gasteiger partial charge >= 0.3 is 0 Å². The molecule has 0 fully saturated rings. The molecule has 58 heavy (non-hydrogen) atoms. The van der Waals surface area contributed by atoms with Crippen molar-refractivity contribution >= 4 is 92.4 Å². The number of rotatable bonds is 6. The van der Waals surface area contributed by atoms with Gasteiger partial charge in [-0.3, -0.25) is 0 Å². The average Bonchev–Trinajstić information content (AvgIpc) is 3.98. The summed E-state index contributed by atoms with van der Waals surface area (Å²) < 4.78 is 15.9. The number of nitrogens with zero attached hydrogens (tertiary/aromatic N) is 4. The highest BCUT2D eigenvalue weighted by Gasteiger charge is 2.25. The molecule has 0 radical (unpaired) electrons. The summed E-state index contributed by atoms with van der Waals surface area (Å²) in [6, 6.07) is 62.7. The standard InChI is InChI=1S/C51H30N4O2S/c1-3-13-31(14-4-1)49-52-50(32-15-5-2-6-16-32)54-51(53-49)39-26-27-41(47-38-19-8-11-21-43(38)57-48(39)47)55(33-24-28-46-40(29-33)37-18-9-12-22-45(37)58-46)34-23-25-36-35-17-7-10-20-42(35)56-44(36)30-34/h1-30H. The second-order valence-corrected chi connectivity index (χ2v) is 15.4. The zero-order chi connectivity index (χ0) is 38.2. The molecule has 0 saturated carbocycles. The van der Waals surface area contributed by atoms with Crippen LogP contribution in [0, 0.1) is 0 Å². The van der Waals surface area contributed by atoms with Gasteiger partial charge in [-0.05, 0) is 60.7 Å². The second kappa shape index (κ2) is 13.0. The van der Waals surface area contributed by atoms with Gasteiger partial charge in [0.05, 0.1) is 16.6 Å². The highest BCUT2D eigenvalue weighted by atomic mass is 32.1. The van der Waals surface area contributed by atoms with Gasteiger partial charge in [-0.25, -0.2) is 15.0 Å². The molecule has 0 bridgehead atoms. The number of aromatic nitrogens is 3. The summed E-state index contributed by atoms with van der Waals surface area (Å²) in [5.41, 5.74) is 8.68. The first-order valence-electron chi connectivity index (χ1n) is 19.2. The van der Waals surface area contributed by atoms with E-state index in [-0.39, 0.29) is 0 Å². The summed E-state index contributed by atoms with van der Waals surface area (Å²) in [5.74, 6) is 1.72. The van der Waals surface area contributed by atoms with Crippen molar-refractivity contribution in [2.24, 2.45) is 0 Å². The monoisotopic (exact) mass is 762 g/mol. The van der Waals surface area contributed by atoms with Gasteiger partial charge in [0.2, 0.25) is 0 Å². The van der Waals surface area contributed by atoms with Crippen LogP contribution in [0.5, 0.6) is 0 Å². The van der Waals surface area contributed by atoms with Crippen molar-refractivity contribution in [3.63, 3.8) is 0 Å². The van der Waals surface area contributed by atoms with Gasteiger partial charge in [-0.15, -0.1) is 11.3 Å². The number of anilines is 3. The first kappa shape index (κ1) is 32.6. The smallest absolute Gasteiger partial charge is 0.167 e. The summed E-state index contributed by atoms with van der Waals surface area (Å²) >= 11 is 1.81. The lowest BCUT2D eigenvalue weighted by Crippen LogP contribution is -2.10. The number of thiophene rings is 1. The lowest BCUT2D eigenvalue weighted by Gasteiger charge is -2.26. The lowest BCUT2D eigenvalue weighted by atomic mass is 10.0. The Balaban J connectivity index is 1.13. The molecule has 4 aromatic heterocycles. The number of hydrogen-bond donors (Lipinski definition) is 0. The van der Waals surface area contributed by atoms with Gasteiger partial charge in [0.25, 0.3) is 0 Å². The minimum Gasteiger partial charge on any atom is -0.456 e. The van der Waals surface area contributed by atoms with E-state index in [4.69, 9.17) is 23.8 Å². The van der Waals surface area contributed by atoms with Gasteiger partial charge in [0, 0.05) is 64.9 Å². The molecule has 0 N–H and O–H groups in total. The van der Waals surface area contributed by atoms with Crippen molar-refractivity contribution in [2.45, 2.75) is 0 Å². The minimum absolute atomic E-state index is 0.532. The largest absolute Gasteiger partial charge is 0.456 e. The molecule has 7 heteroatoms. The van der Waals surface area contributed by atoms with Crippen LogP contribution in [0.25, 0.3) is 98.2 Å². The van der Waals surface area contributed by atoms with Crippen LogP contribution in [0.3, 0.4) is 0 Å². The third-order valence-electron chi connectivity index (χ3n) is 10.9. The number of hydrogen-bond acceptors (Lipinski definition) is 7. The lowest BCUT2D eigenvalue weighted by molar-refractivity contribution is 0.669. The van der Waals surface area contributed by atoms with E-state index >= 15 is 0 Å². The average molecular weight is 763 g/mol. The Bertz CT molecular complexity index is 3480. The maximum atomic E-state index is 6.87. The molecule has 0 aliphatic carbocycles. The molecule has 0 aliphatic heterocycles. The SMILES string of the molecule is c1ccc(-c2nc(-c3ccccc3)nc(-c3ccc(N(c4ccc5c(c4)oc4ccccc45)c4ccc5sc6ccccc6c5c4)c4c3oc3ccccc34)n2)cc1. The Morgan fingerprint density at radius 3 is 1.72 bits per heavy atom. The molecule has 0 spiro atoms. The van der Waals surface area contributed by atoms with Crippen molar-refractivity contribution < 1.29 is 8.83 Å². The van der Waals surface area contributed by atoms with Crippen molar-refractivity contribution in [1.82, 2.24) is 15.0 Å². The Morgan fingerprint density at radius 1 is 0.397 bits per heavy atom. The highest BCUT2D eigenvalue weighted by Crippen LogP contribution is 2.48. The summed E-state index contributed by atoms with van der Waals surface area (Å²) in [5, 5.41) is 6.57. The maximum absolute atomic E-state index is 6.87. The van der Waals surface area contributed by atoms with Gasteiger partial charge < -0.3 is 13.7 Å². The zero-order valence-electron chi connectivity index (χ0n) is 30.8. The van der Waals surface area contributed by atoms with Crippen LogP contribution in [0.2, 0.25) is 0 Å². The van der Waals surface area contributed by atoms with Crippen molar-refractivity contribution in [3.8, 4) is 34.2 Å². The quantitative estimate of drug-likeness (QED) is 0.168. The number of furan rings is 2. The van der Waals surface area contributed by atoms with Crippen LogP contribution in [0.4, 0.5) is 17.1 Å². The van der Waals surface area contributed by atoms with E-state index in [0.717, 1.165) is 72.0 Å². The molecular weight excluding hydrogens is 733 g/mol. The summed E-state index contributed by atoms with van der Waals surface area (Å²) in [7, 11) is 0. The Kier molecular flexibility index (Phi) is 7.30. The van der Waals surface area contributed by atoms with Gasteiger partial charge in [-0.2, -0.15) is 0 Å². The summed E-state index contributed by atoms with van der Waals surface area (Å²) in [4.78, 5) is 17.5. The first-order chi connectivity index (χ1) is 28.7. The van der Waals surface area contributed by atoms with E-state index in [0.29, 0.717) is 23.1 Å². The summed E-state index contributed by atoms with van der Waals surface area (Å²) in [6.07, 6.45) is 0. The molecule has 8 aromatic carbocycles. The number of benzene rings is 8. The predicted molar refractivity (Wildman–Crippen MR) is 238 cm³/mol. The maximum Gasteiger partial charge on any atom is 0.167 e. The molecule has 4 heterocycles. The van der Waals surface area contributed by atoms with E-state index in [9.17, 15) is 0 Å². The van der Waals surface area contributed by atoms with E-state index in [1.807, 2.05) is 96.3 Å². The Labute approximate surface area is 335 Å². The Morgan fingerprint density at radius 2 is 0.966 bits per heavy atom. The van der Waals surface area contributed by atoms with E-state index in [1.165, 1.54) is 20.2 Å². The minimum atomic E-state index is 0.532. The van der Waals surface area contributed by atoms with Crippen molar-refractivity contribution in [1.29, 1.82) is 0 Å². The van der Waals surface area contributed by atoms with Crippen LogP contribution in [0.15, 0.2) is 191 Å². The molecule has 0 unspecified atom stereocenters. The molecule has 12 rings (SSSR count). The fourth-order valence-corrected chi connectivity index (χ4v) is 9.32. The number of para-hydroxylation sites is 2. The van der Waals surface area contributed by atoms with Gasteiger partial charge in [-0.1, -0.05) is 115 Å². The van der Waals surface area contributed by atoms with Gasteiger partial charge in [0.1, 0.15) is 22.3 Å². The second-order valence-electron chi connectivity index (χ2n) is 14.4. The van der Waals surface area contributed by atoms with Crippen LogP contribution in [0.1, 0.15) is 0 Å².